The van der Waals surface area contributed by atoms with Gasteiger partial charge >= 0.3 is 7.12 Å². The van der Waals surface area contributed by atoms with E-state index in [1.165, 1.54) is 6.07 Å². The molecule has 12 heavy (non-hydrogen) atoms. The lowest BCUT2D eigenvalue weighted by atomic mass is 9.79. The molecular weight excluding hydrogens is 165 g/mol. The molecule has 5 heteroatoms. The molecule has 0 atom stereocenters. The molecule has 0 heterocycles. The van der Waals surface area contributed by atoms with Crippen LogP contribution in [0.1, 0.15) is 0 Å². The second kappa shape index (κ2) is 3.64. The zero-order valence-electron chi connectivity index (χ0n) is 6.42. The van der Waals surface area contributed by atoms with Crippen molar-refractivity contribution in [1.82, 2.24) is 0 Å². The highest BCUT2D eigenvalue weighted by molar-refractivity contribution is 6.60. The highest BCUT2D eigenvalue weighted by Crippen LogP contribution is 2.00. The molecule has 0 saturated carbocycles. The van der Waals surface area contributed by atoms with Gasteiger partial charge in [0.2, 0.25) is 0 Å². The number of benzene rings is 1. The van der Waals surface area contributed by atoms with Gasteiger partial charge in [-0.25, -0.2) is 8.78 Å². The minimum absolute atomic E-state index is 0.458. The Morgan fingerprint density at radius 2 is 1.83 bits per heavy atom. The van der Waals surface area contributed by atoms with Gasteiger partial charge in [-0.2, -0.15) is 0 Å². The molecule has 0 bridgehead atoms. The first kappa shape index (κ1) is 9.16. The van der Waals surface area contributed by atoms with Gasteiger partial charge in [0.05, 0.1) is 5.46 Å². The van der Waals surface area contributed by atoms with Gasteiger partial charge < -0.3 is 9.68 Å². The molecule has 0 spiro atoms. The standard InChI is InChI=1S/C7H7BF2O2/c1-12-8(11)7-5(9)3-2-4-6(7)10/h2-4,11H,1H3. The fourth-order valence-electron chi connectivity index (χ4n) is 0.864. The first-order valence-electron chi connectivity index (χ1n) is 3.31. The van der Waals surface area contributed by atoms with Crippen LogP contribution in [0, 0.1) is 11.6 Å². The van der Waals surface area contributed by atoms with Crippen molar-refractivity contribution in [1.29, 1.82) is 0 Å². The summed E-state index contributed by atoms with van der Waals surface area (Å²) >= 11 is 0. The van der Waals surface area contributed by atoms with Crippen molar-refractivity contribution in [2.75, 3.05) is 7.11 Å². The Hall–Kier alpha value is -0.935. The quantitative estimate of drug-likeness (QED) is 0.650. The van der Waals surface area contributed by atoms with E-state index >= 15 is 0 Å². The van der Waals surface area contributed by atoms with E-state index in [0.717, 1.165) is 19.2 Å². The summed E-state index contributed by atoms with van der Waals surface area (Å²) in [6.45, 7) is 0. The van der Waals surface area contributed by atoms with Crippen LogP contribution in [-0.4, -0.2) is 19.3 Å². The van der Waals surface area contributed by atoms with Crippen molar-refractivity contribution in [3.63, 3.8) is 0 Å². The molecular formula is C7H7BF2O2. The molecule has 0 aliphatic rings. The molecule has 1 N–H and O–H groups in total. The zero-order valence-corrected chi connectivity index (χ0v) is 6.42. The number of hydrogen-bond donors (Lipinski definition) is 1. The monoisotopic (exact) mass is 172 g/mol. The molecule has 0 fully saturated rings. The molecule has 1 aromatic carbocycles. The van der Waals surface area contributed by atoms with Gasteiger partial charge in [0, 0.05) is 7.11 Å². The van der Waals surface area contributed by atoms with Crippen LogP contribution in [-0.2, 0) is 4.65 Å². The Balaban J connectivity index is 3.12. The molecule has 64 valence electrons. The third-order valence-corrected chi connectivity index (χ3v) is 1.47. The molecule has 0 unspecified atom stereocenters. The molecule has 0 amide bonds. The van der Waals surface area contributed by atoms with Crippen molar-refractivity contribution >= 4 is 12.6 Å². The normalized spacial score (nSPS) is 10.0. The predicted molar refractivity (Wildman–Crippen MR) is 41.0 cm³/mol. The van der Waals surface area contributed by atoms with Crippen molar-refractivity contribution < 1.29 is 18.5 Å². The second-order valence-corrected chi connectivity index (χ2v) is 2.22. The molecule has 0 aliphatic carbocycles. The molecule has 1 aromatic rings. The number of rotatable bonds is 2. The van der Waals surface area contributed by atoms with Crippen LogP contribution >= 0.6 is 0 Å². The SMILES string of the molecule is COB(O)c1c(F)cccc1F. The molecule has 0 radical (unpaired) electrons. The first-order chi connectivity index (χ1) is 5.66. The van der Waals surface area contributed by atoms with Crippen LogP contribution < -0.4 is 5.46 Å². The number of hydrogen-bond acceptors (Lipinski definition) is 2. The maximum Gasteiger partial charge on any atom is 0.497 e. The van der Waals surface area contributed by atoms with E-state index in [1.54, 1.807) is 0 Å². The van der Waals surface area contributed by atoms with E-state index < -0.39 is 24.2 Å². The minimum Gasteiger partial charge on any atom is -0.423 e. The Kier molecular flexibility index (Phi) is 2.78. The summed E-state index contributed by atoms with van der Waals surface area (Å²) in [6, 6.07) is 3.33. The Morgan fingerprint density at radius 3 is 2.25 bits per heavy atom. The Bertz CT molecular complexity index is 260. The van der Waals surface area contributed by atoms with Gasteiger partial charge in [-0.3, -0.25) is 0 Å². The van der Waals surface area contributed by atoms with Gasteiger partial charge in [0.15, 0.2) is 0 Å². The average Bonchev–Trinajstić information content (AvgIpc) is 2.03. The highest BCUT2D eigenvalue weighted by atomic mass is 19.1. The Morgan fingerprint density at radius 1 is 1.33 bits per heavy atom. The van der Waals surface area contributed by atoms with Gasteiger partial charge in [-0.15, -0.1) is 0 Å². The fraction of sp³-hybridized carbons (Fsp3) is 0.143. The fourth-order valence-corrected chi connectivity index (χ4v) is 0.864. The van der Waals surface area contributed by atoms with E-state index in [9.17, 15) is 8.78 Å². The minimum atomic E-state index is -1.55. The van der Waals surface area contributed by atoms with E-state index in [1.807, 2.05) is 0 Å². The number of halogens is 2. The van der Waals surface area contributed by atoms with Gasteiger partial charge in [-0.05, 0) is 12.1 Å². The van der Waals surface area contributed by atoms with Crippen LogP contribution in [0.5, 0.6) is 0 Å². The summed E-state index contributed by atoms with van der Waals surface area (Å²) in [5, 5.41) is 8.99. The summed E-state index contributed by atoms with van der Waals surface area (Å²) in [5.74, 6) is -1.63. The lowest BCUT2D eigenvalue weighted by molar-refractivity contribution is 0.338. The molecule has 0 saturated heterocycles. The van der Waals surface area contributed by atoms with Crippen molar-refractivity contribution in [3.05, 3.63) is 29.8 Å². The van der Waals surface area contributed by atoms with E-state index in [-0.39, 0.29) is 0 Å². The summed E-state index contributed by atoms with van der Waals surface area (Å²) in [6.07, 6.45) is 0. The largest absolute Gasteiger partial charge is 0.497 e. The van der Waals surface area contributed by atoms with Gasteiger partial charge in [0.1, 0.15) is 11.6 Å². The van der Waals surface area contributed by atoms with Crippen molar-refractivity contribution in [2.24, 2.45) is 0 Å². The first-order valence-corrected chi connectivity index (χ1v) is 3.31. The van der Waals surface area contributed by atoms with Crippen LogP contribution in [0.2, 0.25) is 0 Å². The smallest absolute Gasteiger partial charge is 0.423 e. The second-order valence-electron chi connectivity index (χ2n) is 2.22. The zero-order chi connectivity index (χ0) is 9.14. The summed E-state index contributed by atoms with van der Waals surface area (Å²) < 4.78 is 30.0. The summed E-state index contributed by atoms with van der Waals surface area (Å²) in [7, 11) is -0.387. The van der Waals surface area contributed by atoms with Crippen molar-refractivity contribution in [3.8, 4) is 0 Å². The molecule has 2 nitrogen and oxygen atoms in total. The van der Waals surface area contributed by atoms with Gasteiger partial charge in [-0.1, -0.05) is 6.07 Å². The maximum absolute atomic E-state index is 12.8. The lowest BCUT2D eigenvalue weighted by Crippen LogP contribution is -2.37. The average molecular weight is 172 g/mol. The molecule has 0 aromatic heterocycles. The predicted octanol–water partition coefficient (Wildman–Crippen LogP) is 0.299. The van der Waals surface area contributed by atoms with Gasteiger partial charge in [0.25, 0.3) is 0 Å². The van der Waals surface area contributed by atoms with Crippen LogP contribution in [0.25, 0.3) is 0 Å². The third-order valence-electron chi connectivity index (χ3n) is 1.47. The van der Waals surface area contributed by atoms with Crippen LogP contribution in [0.4, 0.5) is 8.78 Å². The van der Waals surface area contributed by atoms with E-state index in [0.29, 0.717) is 0 Å². The third kappa shape index (κ3) is 1.62. The lowest BCUT2D eigenvalue weighted by Gasteiger charge is -2.05. The topological polar surface area (TPSA) is 29.5 Å². The van der Waals surface area contributed by atoms with E-state index in [2.05, 4.69) is 4.65 Å². The van der Waals surface area contributed by atoms with Crippen LogP contribution in [0.15, 0.2) is 18.2 Å². The summed E-state index contributed by atoms with van der Waals surface area (Å²) in [4.78, 5) is 0. The summed E-state index contributed by atoms with van der Waals surface area (Å²) in [5.41, 5.74) is -0.458. The maximum atomic E-state index is 12.8. The molecule has 1 rings (SSSR count). The van der Waals surface area contributed by atoms with Crippen molar-refractivity contribution in [2.45, 2.75) is 0 Å². The van der Waals surface area contributed by atoms with Crippen LogP contribution in [0.3, 0.4) is 0 Å². The highest BCUT2D eigenvalue weighted by Gasteiger charge is 2.23. The van der Waals surface area contributed by atoms with E-state index in [4.69, 9.17) is 5.02 Å². The molecule has 0 aliphatic heterocycles. The Labute approximate surface area is 68.9 Å².